The number of aromatic nitrogens is 3. The number of ether oxygens (including phenoxy) is 2. The molecule has 2 saturated heterocycles. The second-order valence-corrected chi connectivity index (χ2v) is 11.1. The first-order chi connectivity index (χ1) is 19.5. The first-order valence-electron chi connectivity index (χ1n) is 14.1. The molecule has 2 aromatic heterocycles. The fourth-order valence-corrected chi connectivity index (χ4v) is 6.45. The van der Waals surface area contributed by atoms with Crippen LogP contribution >= 0.6 is 0 Å². The number of likely N-dealkylation sites (tertiary alicyclic amines) is 1. The number of carbonyl (C=O) groups excluding carboxylic acids is 1. The van der Waals surface area contributed by atoms with Gasteiger partial charge >= 0.3 is 0 Å². The molecule has 0 aliphatic carbocycles. The SMILES string of the molecule is C.CN1CCC[C@H]1COc1cc2c(cc1C(=O)N1CCc3cc(F)ccc31)[nH]c(=O)c1cnc(C3CCOCC3)n12. The number of nitrogens with one attached hydrogen (secondary N) is 1. The number of nitrogens with zero attached hydrogens (tertiary/aromatic N) is 4. The Hall–Kier alpha value is -3.76. The largest absolute Gasteiger partial charge is 0.491 e. The number of amides is 1. The van der Waals surface area contributed by atoms with Crippen LogP contribution in [0.3, 0.4) is 0 Å². The molecular weight excluding hydrogens is 525 g/mol. The Morgan fingerprint density at radius 1 is 1.15 bits per heavy atom. The predicted molar refractivity (Wildman–Crippen MR) is 156 cm³/mol. The van der Waals surface area contributed by atoms with Crippen molar-refractivity contribution in [3.8, 4) is 5.75 Å². The first kappa shape index (κ1) is 27.4. The van der Waals surface area contributed by atoms with Crippen LogP contribution in [0.5, 0.6) is 5.75 Å². The minimum atomic E-state index is -0.314. The monoisotopic (exact) mass is 561 g/mol. The molecule has 7 rings (SSSR count). The topological polar surface area (TPSA) is 92.2 Å². The molecule has 1 N–H and O–H groups in total. The third-order valence-electron chi connectivity index (χ3n) is 8.71. The van der Waals surface area contributed by atoms with Gasteiger partial charge in [0.2, 0.25) is 0 Å². The summed E-state index contributed by atoms with van der Waals surface area (Å²) in [6, 6.07) is 8.37. The summed E-state index contributed by atoms with van der Waals surface area (Å²) < 4.78 is 27.8. The van der Waals surface area contributed by atoms with Gasteiger partial charge in [0.25, 0.3) is 11.5 Å². The van der Waals surface area contributed by atoms with Crippen molar-refractivity contribution in [2.45, 2.75) is 51.5 Å². The number of hydrogen-bond donors (Lipinski definition) is 1. The minimum Gasteiger partial charge on any atom is -0.491 e. The summed E-state index contributed by atoms with van der Waals surface area (Å²) in [6.45, 7) is 3.23. The van der Waals surface area contributed by atoms with Crippen molar-refractivity contribution in [1.29, 1.82) is 0 Å². The number of benzene rings is 2. The lowest BCUT2D eigenvalue weighted by Gasteiger charge is -2.24. The van der Waals surface area contributed by atoms with Gasteiger partial charge in [0.1, 0.15) is 29.5 Å². The number of H-pyrrole nitrogens is 1. The lowest BCUT2D eigenvalue weighted by molar-refractivity contribution is 0.0835. The van der Waals surface area contributed by atoms with Crippen molar-refractivity contribution in [3.05, 3.63) is 69.7 Å². The molecule has 0 unspecified atom stereocenters. The molecule has 1 atom stereocenters. The molecule has 10 heteroatoms. The summed E-state index contributed by atoms with van der Waals surface area (Å²) >= 11 is 0. The van der Waals surface area contributed by atoms with Crippen LogP contribution in [0.2, 0.25) is 0 Å². The summed E-state index contributed by atoms with van der Waals surface area (Å²) in [6.07, 6.45) is 6.01. The normalized spacial score (nSPS) is 19.6. The lowest BCUT2D eigenvalue weighted by Crippen LogP contribution is -2.32. The molecule has 2 fully saturated rings. The summed E-state index contributed by atoms with van der Waals surface area (Å²) in [7, 11) is 2.09. The van der Waals surface area contributed by atoms with E-state index in [4.69, 9.17) is 9.47 Å². The van der Waals surface area contributed by atoms with Crippen LogP contribution < -0.4 is 15.2 Å². The molecule has 5 heterocycles. The van der Waals surface area contributed by atoms with E-state index in [0.717, 1.165) is 49.1 Å². The highest BCUT2D eigenvalue weighted by Gasteiger charge is 2.30. The second-order valence-electron chi connectivity index (χ2n) is 11.1. The van der Waals surface area contributed by atoms with Gasteiger partial charge in [0.15, 0.2) is 0 Å². The van der Waals surface area contributed by atoms with E-state index in [1.807, 2.05) is 10.5 Å². The molecule has 41 heavy (non-hydrogen) atoms. The van der Waals surface area contributed by atoms with Gasteiger partial charge in [-0.3, -0.25) is 14.0 Å². The van der Waals surface area contributed by atoms with Crippen molar-refractivity contribution >= 4 is 28.1 Å². The van der Waals surface area contributed by atoms with E-state index in [9.17, 15) is 14.0 Å². The van der Waals surface area contributed by atoms with Gasteiger partial charge in [-0.15, -0.1) is 0 Å². The van der Waals surface area contributed by atoms with E-state index in [1.165, 1.54) is 12.1 Å². The van der Waals surface area contributed by atoms with Crippen LogP contribution in [-0.4, -0.2) is 71.2 Å². The van der Waals surface area contributed by atoms with Crippen molar-refractivity contribution in [3.63, 3.8) is 0 Å². The van der Waals surface area contributed by atoms with E-state index in [2.05, 4.69) is 21.9 Å². The minimum absolute atomic E-state index is 0. The van der Waals surface area contributed by atoms with Gasteiger partial charge in [-0.2, -0.15) is 0 Å². The highest BCUT2D eigenvalue weighted by molar-refractivity contribution is 6.10. The van der Waals surface area contributed by atoms with E-state index in [-0.39, 0.29) is 36.7 Å². The number of fused-ring (bicyclic) bond motifs is 4. The van der Waals surface area contributed by atoms with Crippen LogP contribution in [-0.2, 0) is 11.2 Å². The summed E-state index contributed by atoms with van der Waals surface area (Å²) in [5.74, 6) is 0.906. The molecule has 0 bridgehead atoms. The molecule has 2 aromatic carbocycles. The zero-order valence-corrected chi connectivity index (χ0v) is 22.5. The fourth-order valence-electron chi connectivity index (χ4n) is 6.45. The van der Waals surface area contributed by atoms with Crippen LogP contribution in [0.4, 0.5) is 10.1 Å². The van der Waals surface area contributed by atoms with Crippen molar-refractivity contribution < 1.29 is 18.7 Å². The highest BCUT2D eigenvalue weighted by atomic mass is 19.1. The Bertz CT molecular complexity index is 1670. The third kappa shape index (κ3) is 4.78. The zero-order valence-electron chi connectivity index (χ0n) is 22.5. The van der Waals surface area contributed by atoms with Crippen molar-refractivity contribution in [2.24, 2.45) is 0 Å². The van der Waals surface area contributed by atoms with Crippen molar-refractivity contribution in [1.82, 2.24) is 19.3 Å². The molecule has 9 nitrogen and oxygen atoms in total. The quantitative estimate of drug-likeness (QED) is 0.385. The van der Waals surface area contributed by atoms with Gasteiger partial charge in [-0.1, -0.05) is 7.43 Å². The Balaban J connectivity index is 0.00000302. The van der Waals surface area contributed by atoms with Gasteiger partial charge in [-0.05, 0) is 75.5 Å². The Kier molecular flexibility index (Phi) is 7.29. The van der Waals surface area contributed by atoms with E-state index >= 15 is 0 Å². The number of carbonyl (C=O) groups is 1. The zero-order chi connectivity index (χ0) is 27.4. The average molecular weight is 562 g/mol. The second kappa shape index (κ2) is 10.9. The van der Waals surface area contributed by atoms with E-state index < -0.39 is 0 Å². The molecule has 0 saturated carbocycles. The van der Waals surface area contributed by atoms with Crippen molar-refractivity contribution in [2.75, 3.05) is 44.9 Å². The van der Waals surface area contributed by atoms with Crippen LogP contribution in [0.15, 0.2) is 41.3 Å². The van der Waals surface area contributed by atoms with Crippen LogP contribution in [0.25, 0.3) is 16.6 Å². The maximum Gasteiger partial charge on any atom is 0.274 e. The molecule has 3 aliphatic rings. The summed E-state index contributed by atoms with van der Waals surface area (Å²) in [5.41, 5.74) is 3.35. The molecular formula is C31H36FN5O4. The number of likely N-dealkylation sites (N-methyl/N-ethyl adjacent to an activating group) is 1. The molecule has 1 amide bonds. The maximum absolute atomic E-state index is 14.0. The van der Waals surface area contributed by atoms with E-state index in [1.54, 1.807) is 23.2 Å². The highest BCUT2D eigenvalue weighted by Crippen LogP contribution is 2.35. The molecule has 3 aliphatic heterocycles. The number of hydrogen-bond acceptors (Lipinski definition) is 6. The average Bonchev–Trinajstić information content (AvgIpc) is 3.70. The molecule has 0 spiro atoms. The maximum atomic E-state index is 14.0. The summed E-state index contributed by atoms with van der Waals surface area (Å²) in [4.78, 5) is 38.8. The molecule has 0 radical (unpaired) electrons. The number of rotatable bonds is 5. The molecule has 4 aromatic rings. The number of anilines is 1. The number of imidazole rings is 1. The Labute approximate surface area is 237 Å². The van der Waals surface area contributed by atoms with Crippen LogP contribution in [0, 0.1) is 5.82 Å². The number of aromatic amines is 1. The first-order valence-corrected chi connectivity index (χ1v) is 14.1. The standard InChI is InChI=1S/C30H32FN5O4.CH4/c1-34-9-2-3-21(34)17-40-27-15-25-23(14-22(27)30(38)35-10-6-19-13-20(31)4-5-24(19)35)33-29(37)26-16-32-28(36(25)26)18-7-11-39-12-8-18;/h4-5,13-16,18,21H,2-3,6-12,17H2,1H3,(H,33,37);1H4/t21-;/m0./s1. The van der Waals surface area contributed by atoms with Gasteiger partial charge < -0.3 is 24.3 Å². The summed E-state index contributed by atoms with van der Waals surface area (Å²) in [5, 5.41) is 0. The lowest BCUT2D eigenvalue weighted by atomic mass is 9.99. The van der Waals surface area contributed by atoms with E-state index in [0.29, 0.717) is 60.8 Å². The third-order valence-corrected chi connectivity index (χ3v) is 8.71. The van der Waals surface area contributed by atoms with Gasteiger partial charge in [-0.25, -0.2) is 9.37 Å². The van der Waals surface area contributed by atoms with Crippen LogP contribution in [0.1, 0.15) is 60.8 Å². The molecule has 216 valence electrons. The Morgan fingerprint density at radius 3 is 2.76 bits per heavy atom. The van der Waals surface area contributed by atoms with Gasteiger partial charge in [0, 0.05) is 43.5 Å². The number of halogens is 1. The fraction of sp³-hybridized carbons (Fsp3) is 0.452. The Morgan fingerprint density at radius 2 is 1.98 bits per heavy atom. The smallest absolute Gasteiger partial charge is 0.274 e. The predicted octanol–water partition coefficient (Wildman–Crippen LogP) is 4.52. The van der Waals surface area contributed by atoms with Gasteiger partial charge in [0.05, 0.1) is 22.8 Å².